The van der Waals surface area contributed by atoms with Crippen LogP contribution in [0.1, 0.15) is 79.7 Å². The van der Waals surface area contributed by atoms with Crippen LogP contribution in [0.2, 0.25) is 0 Å². The molecule has 0 bridgehead atoms. The van der Waals surface area contributed by atoms with E-state index in [9.17, 15) is 14.4 Å². The zero-order valence-electron chi connectivity index (χ0n) is 22.4. The molecule has 1 aliphatic rings. The van der Waals surface area contributed by atoms with Crippen LogP contribution in [-0.2, 0) is 20.9 Å². The summed E-state index contributed by atoms with van der Waals surface area (Å²) in [5.74, 6) is -0.568. The standard InChI is InChI=1S/C28H43N3O4/c1-9-10-16-28(29-20(2)32,24(33)30-26(3,4)5)22-17-23(18-22)31(27(6,7)8)25(34)35-19-21-14-12-11-13-15-21/h9,11-15,22-23H,1,10,16-19H2,2-8H3,(H,29,32)(H,30,33). The molecule has 1 unspecified atom stereocenters. The van der Waals surface area contributed by atoms with Crippen molar-refractivity contribution in [1.29, 1.82) is 0 Å². The first-order chi connectivity index (χ1) is 16.2. The number of hydrogen-bond donors (Lipinski definition) is 2. The van der Waals surface area contributed by atoms with Gasteiger partial charge in [0.1, 0.15) is 12.1 Å². The molecule has 1 aromatic rings. The smallest absolute Gasteiger partial charge is 0.410 e. The van der Waals surface area contributed by atoms with Gasteiger partial charge in [-0.25, -0.2) is 4.79 Å². The number of rotatable bonds is 9. The number of allylic oxidation sites excluding steroid dienone is 1. The molecule has 1 fully saturated rings. The van der Waals surface area contributed by atoms with Crippen molar-refractivity contribution in [3.63, 3.8) is 0 Å². The number of nitrogens with zero attached hydrogens (tertiary/aromatic N) is 1. The van der Waals surface area contributed by atoms with Crippen molar-refractivity contribution in [2.24, 2.45) is 5.92 Å². The molecule has 2 rings (SSSR count). The minimum atomic E-state index is -1.07. The number of nitrogens with one attached hydrogen (secondary N) is 2. The van der Waals surface area contributed by atoms with Crippen molar-refractivity contribution in [1.82, 2.24) is 15.5 Å². The second kappa shape index (κ2) is 11.3. The van der Waals surface area contributed by atoms with Crippen LogP contribution in [0, 0.1) is 5.92 Å². The van der Waals surface area contributed by atoms with Crippen LogP contribution in [0.25, 0.3) is 0 Å². The normalized spacial score (nSPS) is 19.5. The number of carbonyl (C=O) groups is 3. The lowest BCUT2D eigenvalue weighted by molar-refractivity contribution is -0.140. The Kier molecular flexibility index (Phi) is 9.15. The quantitative estimate of drug-likeness (QED) is 0.484. The summed E-state index contributed by atoms with van der Waals surface area (Å²) in [4.78, 5) is 40.7. The minimum Gasteiger partial charge on any atom is -0.445 e. The third-order valence-electron chi connectivity index (χ3n) is 6.34. The van der Waals surface area contributed by atoms with Gasteiger partial charge in [-0.1, -0.05) is 36.4 Å². The summed E-state index contributed by atoms with van der Waals surface area (Å²) in [5.41, 5.74) is -1.05. The van der Waals surface area contributed by atoms with Crippen LogP contribution in [0.3, 0.4) is 0 Å². The molecule has 0 spiro atoms. The van der Waals surface area contributed by atoms with Crippen LogP contribution in [0.15, 0.2) is 43.0 Å². The van der Waals surface area contributed by atoms with Gasteiger partial charge in [-0.2, -0.15) is 0 Å². The molecule has 0 radical (unpaired) electrons. The van der Waals surface area contributed by atoms with Gasteiger partial charge in [0.15, 0.2) is 0 Å². The van der Waals surface area contributed by atoms with E-state index >= 15 is 0 Å². The molecule has 1 atom stereocenters. The van der Waals surface area contributed by atoms with Crippen molar-refractivity contribution in [3.05, 3.63) is 48.6 Å². The molecular weight excluding hydrogens is 442 g/mol. The van der Waals surface area contributed by atoms with Crippen LogP contribution < -0.4 is 10.6 Å². The van der Waals surface area contributed by atoms with Crippen molar-refractivity contribution >= 4 is 17.9 Å². The van der Waals surface area contributed by atoms with Gasteiger partial charge in [0.05, 0.1) is 0 Å². The van der Waals surface area contributed by atoms with Gasteiger partial charge in [0.2, 0.25) is 11.8 Å². The van der Waals surface area contributed by atoms with E-state index in [1.54, 1.807) is 11.0 Å². The molecule has 0 heterocycles. The Labute approximate surface area is 210 Å². The Balaban J connectivity index is 2.24. The number of carbonyl (C=O) groups excluding carboxylic acids is 3. The first-order valence-corrected chi connectivity index (χ1v) is 12.4. The predicted octanol–water partition coefficient (Wildman–Crippen LogP) is 4.96. The zero-order valence-corrected chi connectivity index (χ0v) is 22.4. The molecule has 7 heteroatoms. The number of amides is 3. The second-order valence-corrected chi connectivity index (χ2v) is 11.6. The van der Waals surface area contributed by atoms with Crippen LogP contribution >= 0.6 is 0 Å². The number of hydrogen-bond acceptors (Lipinski definition) is 4. The van der Waals surface area contributed by atoms with Crippen molar-refractivity contribution in [2.75, 3.05) is 0 Å². The summed E-state index contributed by atoms with van der Waals surface area (Å²) < 4.78 is 5.66. The third-order valence-corrected chi connectivity index (χ3v) is 6.34. The van der Waals surface area contributed by atoms with Gasteiger partial charge in [-0.05, 0) is 78.7 Å². The molecule has 1 aromatic carbocycles. The molecule has 35 heavy (non-hydrogen) atoms. The average Bonchev–Trinajstić information content (AvgIpc) is 2.70. The highest BCUT2D eigenvalue weighted by Crippen LogP contribution is 2.44. The molecule has 1 aliphatic carbocycles. The third kappa shape index (κ3) is 7.58. The summed E-state index contributed by atoms with van der Waals surface area (Å²) in [6.07, 6.45) is 3.60. The fraction of sp³-hybridized carbons (Fsp3) is 0.607. The monoisotopic (exact) mass is 485 g/mol. The van der Waals surface area contributed by atoms with E-state index in [0.717, 1.165) is 5.56 Å². The van der Waals surface area contributed by atoms with Crippen molar-refractivity contribution < 1.29 is 19.1 Å². The van der Waals surface area contributed by atoms with Crippen LogP contribution in [0.5, 0.6) is 0 Å². The van der Waals surface area contributed by atoms with Gasteiger partial charge in [0.25, 0.3) is 0 Å². The van der Waals surface area contributed by atoms with Gasteiger partial charge < -0.3 is 20.3 Å². The first-order valence-electron chi connectivity index (χ1n) is 12.4. The molecule has 0 aliphatic heterocycles. The lowest BCUT2D eigenvalue weighted by atomic mass is 9.64. The summed E-state index contributed by atoms with van der Waals surface area (Å²) in [5, 5.41) is 6.06. The highest BCUT2D eigenvalue weighted by Gasteiger charge is 2.54. The fourth-order valence-corrected chi connectivity index (χ4v) is 4.78. The molecule has 2 N–H and O–H groups in total. The summed E-state index contributed by atoms with van der Waals surface area (Å²) >= 11 is 0. The van der Waals surface area contributed by atoms with Gasteiger partial charge in [-0.3, -0.25) is 9.59 Å². The summed E-state index contributed by atoms with van der Waals surface area (Å²) in [7, 11) is 0. The molecule has 1 saturated carbocycles. The van der Waals surface area contributed by atoms with E-state index in [4.69, 9.17) is 4.74 Å². The Morgan fingerprint density at radius 2 is 1.66 bits per heavy atom. The van der Waals surface area contributed by atoms with Crippen LogP contribution in [0.4, 0.5) is 4.79 Å². The lowest BCUT2D eigenvalue weighted by Crippen LogP contribution is -2.69. The maximum Gasteiger partial charge on any atom is 0.410 e. The first kappa shape index (κ1) is 28.4. The van der Waals surface area contributed by atoms with Gasteiger partial charge in [0, 0.05) is 24.0 Å². The maximum absolute atomic E-state index is 13.6. The Morgan fingerprint density at radius 3 is 2.14 bits per heavy atom. The zero-order chi connectivity index (χ0) is 26.4. The van der Waals surface area contributed by atoms with Gasteiger partial charge in [-0.15, -0.1) is 6.58 Å². The fourth-order valence-electron chi connectivity index (χ4n) is 4.78. The average molecular weight is 486 g/mol. The summed E-state index contributed by atoms with van der Waals surface area (Å²) in [6, 6.07) is 9.49. The molecule has 0 saturated heterocycles. The molecule has 3 amide bonds. The minimum absolute atomic E-state index is 0.0948. The van der Waals surface area contributed by atoms with E-state index < -0.39 is 16.6 Å². The van der Waals surface area contributed by atoms with Gasteiger partial charge >= 0.3 is 6.09 Å². The SMILES string of the molecule is C=CCCC(NC(C)=O)(C(=O)NC(C)(C)C)C1CC(N(C(=O)OCc2ccccc2)C(C)(C)C)C1. The maximum atomic E-state index is 13.6. The highest BCUT2D eigenvalue weighted by atomic mass is 16.6. The largest absolute Gasteiger partial charge is 0.445 e. The van der Waals surface area contributed by atoms with E-state index in [1.165, 1.54) is 6.92 Å². The predicted molar refractivity (Wildman–Crippen MR) is 139 cm³/mol. The van der Waals surface area contributed by atoms with Crippen molar-refractivity contribution in [2.45, 2.75) is 103 Å². The number of benzene rings is 1. The van der Waals surface area contributed by atoms with Crippen molar-refractivity contribution in [3.8, 4) is 0 Å². The molecule has 7 nitrogen and oxygen atoms in total. The van der Waals surface area contributed by atoms with E-state index in [1.807, 2.05) is 71.9 Å². The van der Waals surface area contributed by atoms with Crippen LogP contribution in [-0.4, -0.2) is 45.5 Å². The summed E-state index contributed by atoms with van der Waals surface area (Å²) in [6.45, 7) is 17.2. The van der Waals surface area contributed by atoms with E-state index in [2.05, 4.69) is 17.2 Å². The number of ether oxygens (including phenoxy) is 1. The van der Waals surface area contributed by atoms with E-state index in [-0.39, 0.29) is 36.5 Å². The Hall–Kier alpha value is -2.83. The molecule has 0 aromatic heterocycles. The topological polar surface area (TPSA) is 87.7 Å². The Morgan fingerprint density at radius 1 is 1.06 bits per heavy atom. The van der Waals surface area contributed by atoms with E-state index in [0.29, 0.717) is 25.7 Å². The second-order valence-electron chi connectivity index (χ2n) is 11.6. The highest BCUT2D eigenvalue weighted by molar-refractivity contribution is 5.92. The molecular formula is C28H43N3O4. The Bertz CT molecular complexity index is 895. The molecule has 194 valence electrons. The lowest BCUT2D eigenvalue weighted by Gasteiger charge is -2.53.